The predicted octanol–water partition coefficient (Wildman–Crippen LogP) is 7.19. The molecule has 0 saturated heterocycles. The topological polar surface area (TPSA) is 55.6 Å². The number of rotatable bonds is 6. The summed E-state index contributed by atoms with van der Waals surface area (Å²) in [6.45, 7) is 11.6. The molecule has 0 aliphatic carbocycles. The van der Waals surface area contributed by atoms with Gasteiger partial charge in [0.15, 0.2) is 5.82 Å². The molecule has 0 aliphatic rings. The molecule has 0 amide bonds. The van der Waals surface area contributed by atoms with Crippen LogP contribution in [0.15, 0.2) is 79.7 Å². The van der Waals surface area contributed by atoms with Gasteiger partial charge in [-0.1, -0.05) is 43.0 Å². The van der Waals surface area contributed by atoms with E-state index >= 15 is 0 Å². The molecule has 7 heteroatoms. The molecule has 4 rings (SSSR count). The SMILES string of the molecule is C=CNc1cc(-n2nnc3c(F)cc(/C(C)=C/C=C\C)cc32)ccc1C.CCc1ccc(F)cn1. The van der Waals surface area contributed by atoms with Crippen molar-refractivity contribution in [2.75, 3.05) is 5.32 Å². The van der Waals surface area contributed by atoms with Crippen LogP contribution in [0, 0.1) is 18.6 Å². The van der Waals surface area contributed by atoms with Crippen LogP contribution in [0.25, 0.3) is 22.3 Å². The molecule has 1 N–H and O–H groups in total. The lowest BCUT2D eigenvalue weighted by molar-refractivity contribution is 0.619. The summed E-state index contributed by atoms with van der Waals surface area (Å²) in [5, 5.41) is 11.3. The first-order chi connectivity index (χ1) is 16.9. The van der Waals surface area contributed by atoms with Crippen molar-refractivity contribution in [3.05, 3.63) is 108 Å². The molecule has 2 aromatic carbocycles. The van der Waals surface area contributed by atoms with E-state index in [0.717, 1.165) is 40.2 Å². The number of fused-ring (bicyclic) bond motifs is 1. The second kappa shape index (κ2) is 11.8. The van der Waals surface area contributed by atoms with E-state index in [0.29, 0.717) is 5.52 Å². The highest BCUT2D eigenvalue weighted by Gasteiger charge is 2.14. The van der Waals surface area contributed by atoms with Crippen LogP contribution in [0.2, 0.25) is 0 Å². The first-order valence-corrected chi connectivity index (χ1v) is 11.3. The smallest absolute Gasteiger partial charge is 0.153 e. The molecule has 0 aliphatic heterocycles. The summed E-state index contributed by atoms with van der Waals surface area (Å²) in [6, 6.07) is 12.4. The minimum absolute atomic E-state index is 0.256. The maximum Gasteiger partial charge on any atom is 0.153 e. The molecule has 0 atom stereocenters. The Morgan fingerprint density at radius 1 is 1.14 bits per heavy atom. The first kappa shape index (κ1) is 25.5. The molecule has 2 heterocycles. The second-order valence-electron chi connectivity index (χ2n) is 7.87. The summed E-state index contributed by atoms with van der Waals surface area (Å²) in [5.74, 6) is -0.652. The summed E-state index contributed by atoms with van der Waals surface area (Å²) in [5.41, 5.74) is 6.37. The third-order valence-corrected chi connectivity index (χ3v) is 5.37. The number of benzene rings is 2. The van der Waals surface area contributed by atoms with Gasteiger partial charge in [0.2, 0.25) is 0 Å². The second-order valence-corrected chi connectivity index (χ2v) is 7.87. The van der Waals surface area contributed by atoms with Gasteiger partial charge >= 0.3 is 0 Å². The number of hydrogen-bond acceptors (Lipinski definition) is 4. The average molecular weight is 474 g/mol. The Bertz CT molecular complexity index is 1370. The van der Waals surface area contributed by atoms with Crippen molar-refractivity contribution < 1.29 is 8.78 Å². The molecular formula is C28H29F2N5. The zero-order valence-corrected chi connectivity index (χ0v) is 20.4. The van der Waals surface area contributed by atoms with Crippen LogP contribution in [0.1, 0.15) is 37.6 Å². The largest absolute Gasteiger partial charge is 0.362 e. The minimum atomic E-state index is -0.381. The molecule has 4 aromatic rings. The van der Waals surface area contributed by atoms with Crippen molar-refractivity contribution >= 4 is 22.3 Å². The average Bonchev–Trinajstić information content (AvgIpc) is 3.29. The zero-order chi connectivity index (χ0) is 25.4. The van der Waals surface area contributed by atoms with Crippen LogP contribution >= 0.6 is 0 Å². The Morgan fingerprint density at radius 2 is 1.94 bits per heavy atom. The maximum absolute atomic E-state index is 14.5. The number of pyridine rings is 1. The summed E-state index contributed by atoms with van der Waals surface area (Å²) in [6.07, 6.45) is 9.54. The van der Waals surface area contributed by atoms with Gasteiger partial charge in [0, 0.05) is 11.4 Å². The Hall–Kier alpha value is -4.13. The molecular weight excluding hydrogens is 444 g/mol. The number of aryl methyl sites for hydroxylation is 2. The van der Waals surface area contributed by atoms with Crippen LogP contribution in [0.3, 0.4) is 0 Å². The summed E-state index contributed by atoms with van der Waals surface area (Å²) in [7, 11) is 0. The van der Waals surface area contributed by atoms with E-state index in [4.69, 9.17) is 0 Å². The van der Waals surface area contributed by atoms with Crippen molar-refractivity contribution in [2.24, 2.45) is 0 Å². The molecule has 2 aromatic heterocycles. The number of halogens is 2. The van der Waals surface area contributed by atoms with Crippen molar-refractivity contribution in [2.45, 2.75) is 34.1 Å². The van der Waals surface area contributed by atoms with Crippen LogP contribution in [-0.4, -0.2) is 20.0 Å². The van der Waals surface area contributed by atoms with Crippen LogP contribution in [0.5, 0.6) is 0 Å². The van der Waals surface area contributed by atoms with Gasteiger partial charge < -0.3 is 5.32 Å². The highest BCUT2D eigenvalue weighted by atomic mass is 19.1. The standard InChI is InChI=1S/C21H21FN4.C7H8FN/c1-5-7-8-14(3)16-11-18(22)21-20(12-16)26(25-24-21)17-10-9-15(4)19(13-17)23-6-2;1-2-7-4-3-6(8)5-9-7/h5-13,23H,2H2,1,3-4H3;3-5H,2H2,1H3/b7-5-,14-8+;. The first-order valence-electron chi connectivity index (χ1n) is 11.3. The number of nitrogens with one attached hydrogen (secondary N) is 1. The molecule has 0 saturated carbocycles. The summed E-state index contributed by atoms with van der Waals surface area (Å²) >= 11 is 0. The van der Waals surface area contributed by atoms with Gasteiger partial charge in [-0.05, 0) is 86.5 Å². The molecule has 0 unspecified atom stereocenters. The van der Waals surface area contributed by atoms with Crippen LogP contribution < -0.4 is 5.32 Å². The Kier molecular flexibility index (Phi) is 8.62. The van der Waals surface area contributed by atoms with E-state index < -0.39 is 0 Å². The summed E-state index contributed by atoms with van der Waals surface area (Å²) in [4.78, 5) is 3.82. The van der Waals surface area contributed by atoms with Gasteiger partial charge in [0.05, 0.1) is 17.4 Å². The fourth-order valence-corrected chi connectivity index (χ4v) is 3.36. The monoisotopic (exact) mass is 473 g/mol. The number of hydrogen-bond donors (Lipinski definition) is 1. The van der Waals surface area contributed by atoms with E-state index in [2.05, 4.69) is 27.2 Å². The molecule has 0 radical (unpaired) electrons. The van der Waals surface area contributed by atoms with Gasteiger partial charge in [0.25, 0.3) is 0 Å². The maximum atomic E-state index is 14.5. The molecule has 0 bridgehead atoms. The van der Waals surface area contributed by atoms with Gasteiger partial charge in [-0.2, -0.15) is 0 Å². The highest BCUT2D eigenvalue weighted by molar-refractivity contribution is 5.82. The molecule has 0 spiro atoms. The lowest BCUT2D eigenvalue weighted by Crippen LogP contribution is -1.99. The number of allylic oxidation sites excluding steroid dienone is 4. The van der Waals surface area contributed by atoms with Gasteiger partial charge in [-0.3, -0.25) is 4.98 Å². The van der Waals surface area contributed by atoms with E-state index in [1.165, 1.54) is 18.3 Å². The lowest BCUT2D eigenvalue weighted by atomic mass is 10.1. The van der Waals surface area contributed by atoms with E-state index in [9.17, 15) is 8.78 Å². The minimum Gasteiger partial charge on any atom is -0.362 e. The quantitative estimate of drug-likeness (QED) is 0.301. The Labute approximate surface area is 204 Å². The summed E-state index contributed by atoms with van der Waals surface area (Å²) < 4.78 is 28.3. The number of aromatic nitrogens is 4. The Balaban J connectivity index is 0.000000320. The molecule has 5 nitrogen and oxygen atoms in total. The van der Waals surface area contributed by atoms with Crippen molar-refractivity contribution in [1.82, 2.24) is 20.0 Å². The fourth-order valence-electron chi connectivity index (χ4n) is 3.36. The number of nitrogens with zero attached hydrogens (tertiary/aromatic N) is 4. The third-order valence-electron chi connectivity index (χ3n) is 5.37. The van der Waals surface area contributed by atoms with E-state index in [-0.39, 0.29) is 17.2 Å². The van der Waals surface area contributed by atoms with Gasteiger partial charge in [0.1, 0.15) is 11.3 Å². The zero-order valence-electron chi connectivity index (χ0n) is 20.4. The molecule has 0 fully saturated rings. The Morgan fingerprint density at radius 3 is 2.60 bits per heavy atom. The van der Waals surface area contributed by atoms with Gasteiger partial charge in [-0.15, -0.1) is 5.10 Å². The molecule has 35 heavy (non-hydrogen) atoms. The highest BCUT2D eigenvalue weighted by Crippen LogP contribution is 2.26. The van der Waals surface area contributed by atoms with Crippen LogP contribution in [0.4, 0.5) is 14.5 Å². The fraction of sp³-hybridized carbons (Fsp3) is 0.179. The van der Waals surface area contributed by atoms with Crippen molar-refractivity contribution in [1.29, 1.82) is 0 Å². The third kappa shape index (κ3) is 6.26. The normalized spacial score (nSPS) is 11.4. The molecule has 180 valence electrons. The lowest BCUT2D eigenvalue weighted by Gasteiger charge is -2.09. The predicted molar refractivity (Wildman–Crippen MR) is 139 cm³/mol. The van der Waals surface area contributed by atoms with Crippen molar-refractivity contribution in [3.63, 3.8) is 0 Å². The van der Waals surface area contributed by atoms with Gasteiger partial charge in [-0.25, -0.2) is 13.5 Å². The van der Waals surface area contributed by atoms with Crippen molar-refractivity contribution in [3.8, 4) is 5.69 Å². The van der Waals surface area contributed by atoms with Crippen LogP contribution in [-0.2, 0) is 6.42 Å². The number of anilines is 1. The van der Waals surface area contributed by atoms with E-state index in [1.54, 1.807) is 16.9 Å². The van der Waals surface area contributed by atoms with E-state index in [1.807, 2.05) is 70.2 Å².